The molecular weight excluding hydrogens is 322 g/mol. The molecule has 7 heteroatoms. The van der Waals surface area contributed by atoms with Gasteiger partial charge in [0.15, 0.2) is 5.82 Å². The van der Waals surface area contributed by atoms with Crippen molar-refractivity contribution in [3.63, 3.8) is 0 Å². The van der Waals surface area contributed by atoms with Crippen molar-refractivity contribution in [3.05, 3.63) is 40.2 Å². The Hall–Kier alpha value is -2.28. The molecule has 24 heavy (non-hydrogen) atoms. The fourth-order valence-corrected chi connectivity index (χ4v) is 3.10. The van der Waals surface area contributed by atoms with Gasteiger partial charge in [-0.1, -0.05) is 25.9 Å². The summed E-state index contributed by atoms with van der Waals surface area (Å²) in [6.07, 6.45) is 2.59. The van der Waals surface area contributed by atoms with E-state index in [-0.39, 0.29) is 5.41 Å². The minimum absolute atomic E-state index is 0.106. The summed E-state index contributed by atoms with van der Waals surface area (Å²) >= 11 is 1.72. The van der Waals surface area contributed by atoms with E-state index >= 15 is 0 Å². The molecule has 0 aromatic carbocycles. The van der Waals surface area contributed by atoms with E-state index in [1.807, 2.05) is 12.1 Å². The molecule has 3 rings (SSSR count). The second kappa shape index (κ2) is 6.68. The molecule has 6 nitrogen and oxygen atoms in total. The largest absolute Gasteiger partial charge is 0.370 e. The number of nitrogens with zero attached hydrogens (tertiary/aromatic N) is 4. The lowest BCUT2D eigenvalue weighted by Gasteiger charge is -2.13. The summed E-state index contributed by atoms with van der Waals surface area (Å²) in [5, 5.41) is 10.4. The van der Waals surface area contributed by atoms with Crippen LogP contribution in [-0.2, 0) is 11.8 Å². The maximum Gasteiger partial charge on any atom is 0.258 e. The van der Waals surface area contributed by atoms with E-state index in [0.717, 1.165) is 30.0 Å². The van der Waals surface area contributed by atoms with Gasteiger partial charge in [0.05, 0.1) is 10.7 Å². The maximum atomic E-state index is 5.19. The molecular formula is C17H21N5OS. The first kappa shape index (κ1) is 16.6. The van der Waals surface area contributed by atoms with Crippen molar-refractivity contribution in [2.45, 2.75) is 39.5 Å². The van der Waals surface area contributed by atoms with Crippen LogP contribution < -0.4 is 5.32 Å². The van der Waals surface area contributed by atoms with E-state index in [0.29, 0.717) is 11.7 Å². The van der Waals surface area contributed by atoms with E-state index in [9.17, 15) is 0 Å². The zero-order valence-electron chi connectivity index (χ0n) is 14.3. The first-order valence-corrected chi connectivity index (χ1v) is 8.75. The van der Waals surface area contributed by atoms with E-state index < -0.39 is 0 Å². The summed E-state index contributed by atoms with van der Waals surface area (Å²) in [4.78, 5) is 13.3. The maximum absolute atomic E-state index is 5.19. The van der Waals surface area contributed by atoms with E-state index in [4.69, 9.17) is 9.51 Å². The van der Waals surface area contributed by atoms with Crippen molar-refractivity contribution in [2.75, 3.05) is 11.9 Å². The Labute approximate surface area is 145 Å². The summed E-state index contributed by atoms with van der Waals surface area (Å²) in [6, 6.07) is 3.77. The van der Waals surface area contributed by atoms with Gasteiger partial charge in [-0.15, -0.1) is 11.3 Å². The van der Waals surface area contributed by atoms with Gasteiger partial charge in [0.1, 0.15) is 5.82 Å². The lowest BCUT2D eigenvalue weighted by Crippen LogP contribution is -2.11. The highest BCUT2D eigenvalue weighted by atomic mass is 32.1. The van der Waals surface area contributed by atoms with E-state index in [2.05, 4.69) is 46.6 Å². The van der Waals surface area contributed by atoms with Crippen molar-refractivity contribution in [1.82, 2.24) is 20.1 Å². The predicted molar refractivity (Wildman–Crippen MR) is 95.3 cm³/mol. The highest BCUT2D eigenvalue weighted by Gasteiger charge is 2.17. The zero-order chi connectivity index (χ0) is 17.2. The van der Waals surface area contributed by atoms with Crippen LogP contribution in [0.4, 0.5) is 5.82 Å². The van der Waals surface area contributed by atoms with Crippen LogP contribution in [0.5, 0.6) is 0 Å². The lowest BCUT2D eigenvalue weighted by atomic mass is 9.98. The number of pyridine rings is 1. The van der Waals surface area contributed by atoms with Gasteiger partial charge in [-0.25, -0.2) is 9.97 Å². The number of anilines is 1. The van der Waals surface area contributed by atoms with Crippen molar-refractivity contribution in [2.24, 2.45) is 0 Å². The number of thiazole rings is 1. The second-order valence-electron chi connectivity index (χ2n) is 6.65. The Balaban J connectivity index is 1.60. The molecule has 0 aliphatic carbocycles. The molecule has 1 N–H and O–H groups in total. The zero-order valence-corrected chi connectivity index (χ0v) is 15.1. The fourth-order valence-electron chi connectivity index (χ4n) is 2.16. The van der Waals surface area contributed by atoms with Crippen LogP contribution in [0.15, 0.2) is 28.2 Å². The van der Waals surface area contributed by atoms with Crippen LogP contribution >= 0.6 is 11.3 Å². The number of hydrogen-bond acceptors (Lipinski definition) is 7. The average molecular weight is 343 g/mol. The molecule has 126 valence electrons. The Morgan fingerprint density at radius 3 is 2.75 bits per heavy atom. The predicted octanol–water partition coefficient (Wildman–Crippen LogP) is 3.85. The number of aryl methyl sites for hydroxylation is 1. The molecule has 3 aromatic rings. The quantitative estimate of drug-likeness (QED) is 0.758. The molecule has 0 aliphatic heterocycles. The van der Waals surface area contributed by atoms with Gasteiger partial charge < -0.3 is 9.84 Å². The number of nitrogens with one attached hydrogen (secondary N) is 1. The number of hydrogen-bond donors (Lipinski definition) is 1. The van der Waals surface area contributed by atoms with E-state index in [1.54, 1.807) is 24.5 Å². The summed E-state index contributed by atoms with van der Waals surface area (Å²) in [7, 11) is 0. The van der Waals surface area contributed by atoms with Crippen LogP contribution in [0.1, 0.15) is 37.3 Å². The Kier molecular flexibility index (Phi) is 4.62. The number of rotatable bonds is 5. The molecule has 0 atom stereocenters. The third-order valence-electron chi connectivity index (χ3n) is 3.42. The number of aromatic nitrogens is 4. The van der Waals surface area contributed by atoms with Gasteiger partial charge in [-0.2, -0.15) is 4.98 Å². The first-order chi connectivity index (χ1) is 11.4. The SMILES string of the molecule is Cc1noc(-c2ccnc(NCCc3csc(C(C)(C)C)n3)c2)n1. The molecule has 0 saturated carbocycles. The Morgan fingerprint density at radius 1 is 1.25 bits per heavy atom. The van der Waals surface area contributed by atoms with Gasteiger partial charge in [0.2, 0.25) is 0 Å². The minimum Gasteiger partial charge on any atom is -0.370 e. The lowest BCUT2D eigenvalue weighted by molar-refractivity contribution is 0.425. The van der Waals surface area contributed by atoms with Gasteiger partial charge in [-0.3, -0.25) is 0 Å². The Bertz CT molecular complexity index is 818. The topological polar surface area (TPSA) is 76.7 Å². The summed E-state index contributed by atoms with van der Waals surface area (Å²) in [5.41, 5.74) is 2.08. The van der Waals surface area contributed by atoms with Gasteiger partial charge in [0.25, 0.3) is 5.89 Å². The molecule has 3 heterocycles. The summed E-state index contributed by atoms with van der Waals surface area (Å²) in [5.74, 6) is 1.91. The third kappa shape index (κ3) is 3.97. The van der Waals surface area contributed by atoms with Crippen LogP contribution in [-0.4, -0.2) is 26.7 Å². The van der Waals surface area contributed by atoms with E-state index in [1.165, 1.54) is 5.01 Å². The highest BCUT2D eigenvalue weighted by molar-refractivity contribution is 7.09. The van der Waals surface area contributed by atoms with Gasteiger partial charge >= 0.3 is 0 Å². The van der Waals surface area contributed by atoms with Gasteiger partial charge in [-0.05, 0) is 19.1 Å². The van der Waals surface area contributed by atoms with Crippen molar-refractivity contribution in [1.29, 1.82) is 0 Å². The van der Waals surface area contributed by atoms with Crippen LogP contribution in [0.25, 0.3) is 11.5 Å². The second-order valence-corrected chi connectivity index (χ2v) is 7.51. The minimum atomic E-state index is 0.106. The van der Waals surface area contributed by atoms with Crippen LogP contribution in [0.2, 0.25) is 0 Å². The van der Waals surface area contributed by atoms with Crippen molar-refractivity contribution >= 4 is 17.2 Å². The molecule has 0 fully saturated rings. The molecule has 0 aliphatic rings. The van der Waals surface area contributed by atoms with Gasteiger partial charge in [0, 0.05) is 35.5 Å². The normalized spacial score (nSPS) is 11.7. The van der Waals surface area contributed by atoms with Crippen LogP contribution in [0, 0.1) is 6.92 Å². The molecule has 0 saturated heterocycles. The molecule has 0 bridgehead atoms. The Morgan fingerprint density at radius 2 is 2.08 bits per heavy atom. The smallest absolute Gasteiger partial charge is 0.258 e. The third-order valence-corrected chi connectivity index (χ3v) is 4.73. The molecule has 0 unspecified atom stereocenters. The monoisotopic (exact) mass is 343 g/mol. The van der Waals surface area contributed by atoms with Crippen molar-refractivity contribution in [3.8, 4) is 11.5 Å². The standard InChI is InChI=1S/C17H21N5OS/c1-11-20-15(23-22-11)12-5-7-18-14(9-12)19-8-6-13-10-24-16(21-13)17(2,3)4/h5,7,9-10H,6,8H2,1-4H3,(H,18,19). The average Bonchev–Trinajstić information content (AvgIpc) is 3.16. The summed E-state index contributed by atoms with van der Waals surface area (Å²) < 4.78 is 5.19. The fraction of sp³-hybridized carbons (Fsp3) is 0.412. The van der Waals surface area contributed by atoms with Crippen LogP contribution in [0.3, 0.4) is 0 Å². The molecule has 0 amide bonds. The van der Waals surface area contributed by atoms with Crippen molar-refractivity contribution < 1.29 is 4.52 Å². The highest BCUT2D eigenvalue weighted by Crippen LogP contribution is 2.25. The molecule has 0 radical (unpaired) electrons. The first-order valence-electron chi connectivity index (χ1n) is 7.87. The summed E-state index contributed by atoms with van der Waals surface area (Å²) in [6.45, 7) is 9.12. The molecule has 3 aromatic heterocycles. The molecule has 0 spiro atoms.